The van der Waals surface area contributed by atoms with Crippen molar-refractivity contribution in [2.45, 2.75) is 36.5 Å². The molecular weight excluding hydrogens is 465 g/mol. The average Bonchev–Trinajstić information content (AvgIpc) is 3.10. The Morgan fingerprint density at radius 2 is 1.87 bits per heavy atom. The van der Waals surface area contributed by atoms with Crippen LogP contribution in [0.3, 0.4) is 0 Å². The predicted octanol–water partition coefficient (Wildman–Crippen LogP) is 3.55. The predicted molar refractivity (Wildman–Crippen MR) is 116 cm³/mol. The first kappa shape index (κ1) is 25.0. The van der Waals surface area contributed by atoms with Crippen LogP contribution in [-0.2, 0) is 25.9 Å². The van der Waals surface area contributed by atoms with E-state index in [1.807, 2.05) is 0 Å². The van der Waals surface area contributed by atoms with Crippen molar-refractivity contribution in [3.05, 3.63) is 40.7 Å². The number of aromatic nitrogens is 1. The Bertz CT molecular complexity index is 1080. The third-order valence-corrected chi connectivity index (χ3v) is 8.43. The van der Waals surface area contributed by atoms with Gasteiger partial charge in [0.05, 0.1) is 19.3 Å². The fourth-order valence-corrected chi connectivity index (χ4v) is 4.86. The maximum Gasteiger partial charge on any atom is 0.345 e. The molecule has 8 nitrogen and oxygen atoms in total. The standard InChI is InChI=1S/C19H24FNO7S2Si/c1-26-18(23)15-16(21-29-19(15)30(2,24)25)28-11-13-10-12(6-7-14(13)20)17(22)27-8-9-31(3,4)5/h6-7,10H,8-9,11H2,1-5H3. The van der Waals surface area contributed by atoms with Crippen molar-refractivity contribution in [3.8, 4) is 5.88 Å². The van der Waals surface area contributed by atoms with Gasteiger partial charge in [0, 0.05) is 19.9 Å². The van der Waals surface area contributed by atoms with Gasteiger partial charge in [-0.3, -0.25) is 0 Å². The molecular formula is C19H24FNO7S2Si. The van der Waals surface area contributed by atoms with Crippen molar-refractivity contribution in [2.75, 3.05) is 20.0 Å². The number of methoxy groups -OCH3 is 1. The molecule has 0 aliphatic heterocycles. The van der Waals surface area contributed by atoms with Crippen LogP contribution in [0.4, 0.5) is 4.39 Å². The zero-order valence-corrected chi connectivity index (χ0v) is 20.5. The number of carbonyl (C=O) groups is 2. The summed E-state index contributed by atoms with van der Waals surface area (Å²) in [4.78, 5) is 24.3. The van der Waals surface area contributed by atoms with Crippen LogP contribution in [0.15, 0.2) is 22.4 Å². The Morgan fingerprint density at radius 3 is 2.45 bits per heavy atom. The highest BCUT2D eigenvalue weighted by atomic mass is 32.2. The van der Waals surface area contributed by atoms with E-state index in [4.69, 9.17) is 9.47 Å². The molecule has 1 aromatic carbocycles. The zero-order chi connectivity index (χ0) is 23.4. The Kier molecular flexibility index (Phi) is 7.95. The van der Waals surface area contributed by atoms with Crippen molar-refractivity contribution in [1.82, 2.24) is 4.37 Å². The second kappa shape index (κ2) is 9.87. The lowest BCUT2D eigenvalue weighted by Gasteiger charge is -2.15. The number of benzene rings is 1. The summed E-state index contributed by atoms with van der Waals surface area (Å²) in [6.07, 6.45) is 0.924. The molecule has 0 atom stereocenters. The van der Waals surface area contributed by atoms with E-state index in [-0.39, 0.29) is 33.4 Å². The Balaban J connectivity index is 2.19. The second-order valence-electron chi connectivity index (χ2n) is 7.96. The van der Waals surface area contributed by atoms with Gasteiger partial charge in [-0.2, -0.15) is 4.37 Å². The average molecular weight is 490 g/mol. The summed E-state index contributed by atoms with van der Waals surface area (Å²) in [5.41, 5.74) is -0.180. The molecule has 0 radical (unpaired) electrons. The van der Waals surface area contributed by atoms with E-state index in [2.05, 4.69) is 28.8 Å². The highest BCUT2D eigenvalue weighted by Crippen LogP contribution is 2.31. The number of esters is 2. The van der Waals surface area contributed by atoms with Crippen LogP contribution in [-0.4, -0.2) is 52.8 Å². The summed E-state index contributed by atoms with van der Waals surface area (Å²) in [5, 5.41) is 0. The van der Waals surface area contributed by atoms with Crippen LogP contribution in [0.25, 0.3) is 0 Å². The molecule has 0 aliphatic carbocycles. The van der Waals surface area contributed by atoms with E-state index < -0.39 is 42.3 Å². The van der Waals surface area contributed by atoms with Crippen molar-refractivity contribution < 1.29 is 36.6 Å². The fourth-order valence-electron chi connectivity index (χ4n) is 2.38. The van der Waals surface area contributed by atoms with Gasteiger partial charge in [-0.15, -0.1) is 0 Å². The number of sulfone groups is 1. The highest BCUT2D eigenvalue weighted by molar-refractivity contribution is 7.92. The van der Waals surface area contributed by atoms with Crippen molar-refractivity contribution >= 4 is 41.4 Å². The summed E-state index contributed by atoms with van der Waals surface area (Å²) in [6.45, 7) is 6.37. The van der Waals surface area contributed by atoms with Crippen LogP contribution < -0.4 is 4.74 Å². The monoisotopic (exact) mass is 489 g/mol. The molecule has 0 bridgehead atoms. The summed E-state index contributed by atoms with van der Waals surface area (Å²) in [7, 11) is -4.03. The molecule has 0 amide bonds. The van der Waals surface area contributed by atoms with E-state index in [1.54, 1.807) is 0 Å². The number of nitrogens with zero attached hydrogens (tertiary/aromatic N) is 1. The molecule has 0 aliphatic rings. The molecule has 1 aromatic heterocycles. The smallest absolute Gasteiger partial charge is 0.345 e. The number of ether oxygens (including phenoxy) is 3. The largest absolute Gasteiger partial charge is 0.471 e. The van der Waals surface area contributed by atoms with E-state index in [1.165, 1.54) is 12.1 Å². The Hall–Kier alpha value is -2.31. The molecule has 0 unspecified atom stereocenters. The molecule has 0 saturated heterocycles. The number of halogens is 1. The van der Waals surface area contributed by atoms with Crippen LogP contribution in [0.5, 0.6) is 5.88 Å². The third kappa shape index (κ3) is 6.84. The van der Waals surface area contributed by atoms with Crippen LogP contribution in [0.2, 0.25) is 25.7 Å². The van der Waals surface area contributed by atoms with Crippen LogP contribution in [0.1, 0.15) is 26.3 Å². The van der Waals surface area contributed by atoms with Crippen molar-refractivity contribution in [2.24, 2.45) is 0 Å². The van der Waals surface area contributed by atoms with E-state index >= 15 is 0 Å². The lowest BCUT2D eigenvalue weighted by atomic mass is 10.1. The molecule has 2 rings (SSSR count). The van der Waals surface area contributed by atoms with Gasteiger partial charge in [0.2, 0.25) is 5.88 Å². The third-order valence-electron chi connectivity index (χ3n) is 4.09. The maximum absolute atomic E-state index is 14.2. The van der Waals surface area contributed by atoms with Gasteiger partial charge in [-0.25, -0.2) is 22.4 Å². The number of carbonyl (C=O) groups excluding carboxylic acids is 2. The Labute approximate surface area is 185 Å². The summed E-state index contributed by atoms with van der Waals surface area (Å²) >= 11 is 0.557. The van der Waals surface area contributed by atoms with E-state index in [0.717, 1.165) is 25.5 Å². The SMILES string of the molecule is COC(=O)c1c(OCc2cc(C(=O)OCC[Si](C)(C)C)ccc2F)nsc1S(C)(=O)=O. The highest BCUT2D eigenvalue weighted by Gasteiger charge is 2.29. The number of hydrogen-bond donors (Lipinski definition) is 0. The molecule has 1 heterocycles. The van der Waals surface area contributed by atoms with Crippen molar-refractivity contribution in [1.29, 1.82) is 0 Å². The van der Waals surface area contributed by atoms with Crippen LogP contribution in [0, 0.1) is 5.82 Å². The number of rotatable bonds is 9. The first-order chi connectivity index (χ1) is 14.3. The normalized spacial score (nSPS) is 11.8. The molecule has 31 heavy (non-hydrogen) atoms. The van der Waals surface area contributed by atoms with E-state index in [0.29, 0.717) is 11.5 Å². The fraction of sp³-hybridized carbons (Fsp3) is 0.421. The summed E-state index contributed by atoms with van der Waals surface area (Å²) in [6, 6.07) is 4.50. The minimum atomic E-state index is -3.75. The lowest BCUT2D eigenvalue weighted by molar-refractivity contribution is 0.0524. The van der Waals surface area contributed by atoms with Gasteiger partial charge in [0.15, 0.2) is 19.6 Å². The lowest BCUT2D eigenvalue weighted by Crippen LogP contribution is -2.22. The molecule has 2 aromatic rings. The first-order valence-corrected chi connectivity index (χ1v) is 15.6. The van der Waals surface area contributed by atoms with Gasteiger partial charge in [0.25, 0.3) is 0 Å². The van der Waals surface area contributed by atoms with E-state index in [9.17, 15) is 22.4 Å². The molecule has 0 spiro atoms. The topological polar surface area (TPSA) is 109 Å². The molecule has 0 N–H and O–H groups in total. The summed E-state index contributed by atoms with van der Waals surface area (Å²) < 4.78 is 56.8. The minimum absolute atomic E-state index is 0.0179. The molecule has 0 fully saturated rings. The van der Waals surface area contributed by atoms with Crippen molar-refractivity contribution in [3.63, 3.8) is 0 Å². The van der Waals surface area contributed by atoms with Gasteiger partial charge in [-0.1, -0.05) is 19.6 Å². The summed E-state index contributed by atoms with van der Waals surface area (Å²) in [5.74, 6) is -2.45. The Morgan fingerprint density at radius 1 is 1.19 bits per heavy atom. The zero-order valence-electron chi connectivity index (χ0n) is 17.9. The van der Waals surface area contributed by atoms with Crippen LogP contribution >= 0.6 is 11.5 Å². The molecule has 0 saturated carbocycles. The van der Waals surface area contributed by atoms with Gasteiger partial charge in [0.1, 0.15) is 12.4 Å². The minimum Gasteiger partial charge on any atom is -0.471 e. The second-order valence-corrected chi connectivity index (χ2v) is 16.6. The molecule has 170 valence electrons. The first-order valence-electron chi connectivity index (χ1n) is 9.20. The number of hydrogen-bond acceptors (Lipinski definition) is 9. The molecule has 12 heteroatoms. The van der Waals surface area contributed by atoms with Gasteiger partial charge >= 0.3 is 11.9 Å². The van der Waals surface area contributed by atoms with Gasteiger partial charge in [-0.05, 0) is 35.8 Å². The van der Waals surface area contributed by atoms with Gasteiger partial charge < -0.3 is 14.2 Å². The quantitative estimate of drug-likeness (QED) is 0.389. The maximum atomic E-state index is 14.2.